The van der Waals surface area contributed by atoms with Crippen LogP contribution in [0.4, 0.5) is 0 Å². The Bertz CT molecular complexity index is 626. The maximum Gasteiger partial charge on any atom is 0.221 e. The van der Waals surface area contributed by atoms with Crippen LogP contribution in [0.2, 0.25) is 0 Å². The SMILES string of the molecule is COc1ccc(C2C(S(=O)(=O)N3CCCCC3)CON2C)cc1. The first-order valence-electron chi connectivity index (χ1n) is 8.02. The van der Waals surface area contributed by atoms with Gasteiger partial charge >= 0.3 is 0 Å². The van der Waals surface area contributed by atoms with Gasteiger partial charge in [-0.1, -0.05) is 18.6 Å². The molecule has 7 heteroatoms. The van der Waals surface area contributed by atoms with Crippen molar-refractivity contribution in [3.63, 3.8) is 0 Å². The summed E-state index contributed by atoms with van der Waals surface area (Å²) in [6.45, 7) is 1.45. The maximum atomic E-state index is 13.0. The topological polar surface area (TPSA) is 59.1 Å². The van der Waals surface area contributed by atoms with Gasteiger partial charge in [-0.25, -0.2) is 12.7 Å². The van der Waals surface area contributed by atoms with Gasteiger partial charge < -0.3 is 4.74 Å². The number of rotatable bonds is 4. The van der Waals surface area contributed by atoms with Crippen molar-refractivity contribution in [1.82, 2.24) is 9.37 Å². The largest absolute Gasteiger partial charge is 0.497 e. The summed E-state index contributed by atoms with van der Waals surface area (Å²) in [6, 6.07) is 7.23. The van der Waals surface area contributed by atoms with Gasteiger partial charge in [0.2, 0.25) is 10.0 Å². The highest BCUT2D eigenvalue weighted by Crippen LogP contribution is 2.36. The highest BCUT2D eigenvalue weighted by atomic mass is 32.2. The minimum absolute atomic E-state index is 0.200. The maximum absolute atomic E-state index is 13.0. The smallest absolute Gasteiger partial charge is 0.221 e. The van der Waals surface area contributed by atoms with E-state index in [9.17, 15) is 8.42 Å². The summed E-state index contributed by atoms with van der Waals surface area (Å²) in [5.74, 6) is 0.755. The van der Waals surface area contributed by atoms with Crippen molar-refractivity contribution in [3.05, 3.63) is 29.8 Å². The Morgan fingerprint density at radius 1 is 1.13 bits per heavy atom. The Morgan fingerprint density at radius 2 is 1.78 bits per heavy atom. The zero-order chi connectivity index (χ0) is 16.4. The van der Waals surface area contributed by atoms with Crippen LogP contribution < -0.4 is 4.74 Å². The van der Waals surface area contributed by atoms with E-state index in [2.05, 4.69) is 0 Å². The molecule has 128 valence electrons. The predicted octanol–water partition coefficient (Wildman–Crippen LogP) is 1.80. The van der Waals surface area contributed by atoms with Crippen molar-refractivity contribution in [2.24, 2.45) is 0 Å². The van der Waals surface area contributed by atoms with Crippen LogP contribution in [0, 0.1) is 0 Å². The van der Waals surface area contributed by atoms with Crippen molar-refractivity contribution < 1.29 is 18.0 Å². The van der Waals surface area contributed by atoms with Crippen molar-refractivity contribution in [2.45, 2.75) is 30.6 Å². The van der Waals surface area contributed by atoms with Gasteiger partial charge in [0.25, 0.3) is 0 Å². The van der Waals surface area contributed by atoms with Crippen molar-refractivity contribution in [1.29, 1.82) is 0 Å². The Hall–Kier alpha value is -1.15. The molecule has 0 saturated carbocycles. The fraction of sp³-hybridized carbons (Fsp3) is 0.625. The lowest BCUT2D eigenvalue weighted by Crippen LogP contribution is -2.44. The number of methoxy groups -OCH3 is 1. The minimum atomic E-state index is -3.37. The molecule has 0 aromatic heterocycles. The second-order valence-corrected chi connectivity index (χ2v) is 8.25. The monoisotopic (exact) mass is 340 g/mol. The number of hydroxylamine groups is 2. The van der Waals surface area contributed by atoms with Crippen LogP contribution in [0.25, 0.3) is 0 Å². The third kappa shape index (κ3) is 3.24. The van der Waals surface area contributed by atoms with Crippen LogP contribution in [0.5, 0.6) is 5.75 Å². The first kappa shape index (κ1) is 16.7. The van der Waals surface area contributed by atoms with Gasteiger partial charge in [-0.3, -0.25) is 4.84 Å². The van der Waals surface area contributed by atoms with E-state index in [0.717, 1.165) is 30.6 Å². The van der Waals surface area contributed by atoms with E-state index in [1.54, 1.807) is 23.5 Å². The summed E-state index contributed by atoms with van der Waals surface area (Å²) in [5.41, 5.74) is 0.927. The number of hydrogen-bond acceptors (Lipinski definition) is 5. The lowest BCUT2D eigenvalue weighted by atomic mass is 10.0. The Balaban J connectivity index is 1.87. The molecule has 1 aromatic rings. The van der Waals surface area contributed by atoms with Gasteiger partial charge in [0.05, 0.1) is 19.8 Å². The standard InChI is InChI=1S/C16H24N2O4S/c1-17-16(13-6-8-14(21-2)9-7-13)15(12-22-17)23(19,20)18-10-4-3-5-11-18/h6-9,15-16H,3-5,10-12H2,1-2H3. The van der Waals surface area contributed by atoms with E-state index in [1.165, 1.54) is 0 Å². The summed E-state index contributed by atoms with van der Waals surface area (Å²) in [7, 11) is 0.0345. The van der Waals surface area contributed by atoms with Gasteiger partial charge in [0.15, 0.2) is 0 Å². The number of nitrogens with zero attached hydrogens (tertiary/aromatic N) is 2. The average molecular weight is 340 g/mol. The second-order valence-electron chi connectivity index (χ2n) is 6.10. The molecule has 3 rings (SSSR count). The fourth-order valence-corrected chi connectivity index (χ4v) is 5.42. The molecular weight excluding hydrogens is 316 g/mol. The molecule has 0 N–H and O–H groups in total. The molecule has 23 heavy (non-hydrogen) atoms. The van der Waals surface area contributed by atoms with Crippen LogP contribution in [0.3, 0.4) is 0 Å². The molecule has 0 amide bonds. The zero-order valence-corrected chi connectivity index (χ0v) is 14.5. The first-order chi connectivity index (χ1) is 11.0. The lowest BCUT2D eigenvalue weighted by molar-refractivity contribution is -0.110. The van der Waals surface area contributed by atoms with E-state index in [4.69, 9.17) is 9.57 Å². The van der Waals surface area contributed by atoms with Crippen molar-refractivity contribution >= 4 is 10.0 Å². The molecule has 2 unspecified atom stereocenters. The Labute approximate surface area is 138 Å². The number of benzene rings is 1. The summed E-state index contributed by atoms with van der Waals surface area (Å²) in [4.78, 5) is 5.56. The number of sulfonamides is 1. The van der Waals surface area contributed by atoms with Gasteiger partial charge in [-0.15, -0.1) is 0 Å². The van der Waals surface area contributed by atoms with Crippen LogP contribution >= 0.6 is 0 Å². The van der Waals surface area contributed by atoms with Gasteiger partial charge in [-0.2, -0.15) is 5.06 Å². The molecule has 2 fully saturated rings. The van der Waals surface area contributed by atoms with E-state index < -0.39 is 15.3 Å². The second kappa shape index (κ2) is 6.76. The average Bonchev–Trinajstić information content (AvgIpc) is 2.98. The molecule has 0 aliphatic carbocycles. The van der Waals surface area contributed by atoms with E-state index in [1.807, 2.05) is 24.3 Å². The molecule has 0 bridgehead atoms. The highest BCUT2D eigenvalue weighted by Gasteiger charge is 2.45. The summed E-state index contributed by atoms with van der Waals surface area (Å²) in [6.07, 6.45) is 2.99. The number of hydrogen-bond donors (Lipinski definition) is 0. The molecule has 0 radical (unpaired) electrons. The third-order valence-electron chi connectivity index (χ3n) is 4.70. The normalized spacial score (nSPS) is 27.2. The molecule has 2 aliphatic rings. The fourth-order valence-electron chi connectivity index (χ4n) is 3.38. The number of ether oxygens (including phenoxy) is 1. The summed E-state index contributed by atoms with van der Waals surface area (Å²) >= 11 is 0. The summed E-state index contributed by atoms with van der Waals surface area (Å²) in [5, 5.41) is 1.09. The van der Waals surface area contributed by atoms with E-state index >= 15 is 0 Å². The molecule has 2 atom stereocenters. The third-order valence-corrected chi connectivity index (χ3v) is 6.95. The molecule has 6 nitrogen and oxygen atoms in total. The Morgan fingerprint density at radius 3 is 2.39 bits per heavy atom. The molecular formula is C16H24N2O4S. The van der Waals surface area contributed by atoms with Gasteiger partial charge in [-0.05, 0) is 30.5 Å². The zero-order valence-electron chi connectivity index (χ0n) is 13.6. The molecule has 0 spiro atoms. The lowest BCUT2D eigenvalue weighted by Gasteiger charge is -2.31. The van der Waals surface area contributed by atoms with Crippen LogP contribution in [-0.2, 0) is 14.9 Å². The van der Waals surface area contributed by atoms with Crippen LogP contribution in [0.15, 0.2) is 24.3 Å². The molecule has 1 aromatic carbocycles. The Kier molecular flexibility index (Phi) is 4.91. The van der Waals surface area contributed by atoms with Gasteiger partial charge in [0, 0.05) is 20.1 Å². The first-order valence-corrected chi connectivity index (χ1v) is 9.53. The van der Waals surface area contributed by atoms with Crippen molar-refractivity contribution in [2.75, 3.05) is 33.9 Å². The summed E-state index contributed by atoms with van der Waals surface area (Å²) < 4.78 is 32.9. The van der Waals surface area contributed by atoms with Crippen LogP contribution in [-0.4, -0.2) is 56.9 Å². The predicted molar refractivity (Wildman–Crippen MR) is 87.6 cm³/mol. The van der Waals surface area contributed by atoms with Gasteiger partial charge in [0.1, 0.15) is 11.0 Å². The van der Waals surface area contributed by atoms with Crippen LogP contribution in [0.1, 0.15) is 30.9 Å². The number of piperidine rings is 1. The quantitative estimate of drug-likeness (QED) is 0.836. The highest BCUT2D eigenvalue weighted by molar-refractivity contribution is 7.89. The van der Waals surface area contributed by atoms with E-state index in [0.29, 0.717) is 13.1 Å². The van der Waals surface area contributed by atoms with E-state index in [-0.39, 0.29) is 12.6 Å². The van der Waals surface area contributed by atoms with Crippen molar-refractivity contribution in [3.8, 4) is 5.75 Å². The minimum Gasteiger partial charge on any atom is -0.497 e. The molecule has 2 heterocycles. The molecule has 2 aliphatic heterocycles. The molecule has 2 saturated heterocycles.